The maximum Gasteiger partial charge on any atom is 0.0861 e. The molecule has 0 amide bonds. The van der Waals surface area contributed by atoms with Gasteiger partial charge < -0.3 is 10.2 Å². The topological polar surface area (TPSA) is 40.5 Å². The van der Waals surface area contributed by atoms with Crippen LogP contribution in [0.25, 0.3) is 0 Å². The van der Waals surface area contributed by atoms with Crippen LogP contribution in [0.2, 0.25) is 5.02 Å². The van der Waals surface area contributed by atoms with Gasteiger partial charge in [-0.3, -0.25) is 0 Å². The number of benzene rings is 1. The summed E-state index contributed by atoms with van der Waals surface area (Å²) in [6.07, 6.45) is -0.329. The maximum atomic E-state index is 9.63. The van der Waals surface area contributed by atoms with Gasteiger partial charge >= 0.3 is 0 Å². The summed E-state index contributed by atoms with van der Waals surface area (Å²) in [4.78, 5) is 0. The Balaban J connectivity index is 2.65. The average Bonchev–Trinajstić information content (AvgIpc) is 2.07. The summed E-state index contributed by atoms with van der Waals surface area (Å²) >= 11 is 5.73. The highest BCUT2D eigenvalue weighted by molar-refractivity contribution is 6.30. The summed E-state index contributed by atoms with van der Waals surface area (Å²) in [6, 6.07) is 7.23. The molecule has 0 saturated heterocycles. The summed E-state index contributed by atoms with van der Waals surface area (Å²) in [5.74, 6) is 0. The van der Waals surface area contributed by atoms with Gasteiger partial charge in [0, 0.05) is 11.4 Å². The second-order valence-electron chi connectivity index (χ2n) is 4.00. The molecule has 0 aliphatic rings. The fourth-order valence-electron chi connectivity index (χ4n) is 1.09. The SMILES string of the molecule is CC(C)(O)C(O)Cc1ccc(Cl)cc1. The molecule has 0 saturated carbocycles. The van der Waals surface area contributed by atoms with E-state index in [9.17, 15) is 10.2 Å². The lowest BCUT2D eigenvalue weighted by Gasteiger charge is -2.24. The van der Waals surface area contributed by atoms with Crippen molar-refractivity contribution in [1.29, 1.82) is 0 Å². The smallest absolute Gasteiger partial charge is 0.0861 e. The second kappa shape index (κ2) is 4.30. The van der Waals surface area contributed by atoms with Crippen molar-refractivity contribution < 1.29 is 10.2 Å². The fraction of sp³-hybridized carbons (Fsp3) is 0.455. The minimum absolute atomic E-state index is 0.431. The Kier molecular flexibility index (Phi) is 3.53. The zero-order valence-corrected chi connectivity index (χ0v) is 9.12. The molecule has 0 spiro atoms. The first-order valence-corrected chi connectivity index (χ1v) is 4.92. The molecular formula is C11H15ClO2. The van der Waals surface area contributed by atoms with Crippen LogP contribution in [0.5, 0.6) is 0 Å². The van der Waals surface area contributed by atoms with E-state index in [4.69, 9.17) is 11.6 Å². The van der Waals surface area contributed by atoms with Crippen LogP contribution in [0, 0.1) is 0 Å². The molecule has 0 fully saturated rings. The van der Waals surface area contributed by atoms with E-state index in [2.05, 4.69) is 0 Å². The van der Waals surface area contributed by atoms with E-state index in [1.807, 2.05) is 12.1 Å². The van der Waals surface area contributed by atoms with Gasteiger partial charge in [0.05, 0.1) is 11.7 Å². The number of hydrogen-bond acceptors (Lipinski definition) is 2. The average molecular weight is 215 g/mol. The van der Waals surface area contributed by atoms with Crippen molar-refractivity contribution in [2.75, 3.05) is 0 Å². The van der Waals surface area contributed by atoms with E-state index in [1.165, 1.54) is 0 Å². The van der Waals surface area contributed by atoms with Crippen LogP contribution in [0.15, 0.2) is 24.3 Å². The molecule has 0 aromatic heterocycles. The van der Waals surface area contributed by atoms with Crippen molar-refractivity contribution in [3.8, 4) is 0 Å². The Bertz CT molecular complexity index is 287. The zero-order chi connectivity index (χ0) is 10.8. The molecule has 1 atom stereocenters. The van der Waals surface area contributed by atoms with Crippen LogP contribution >= 0.6 is 11.6 Å². The third kappa shape index (κ3) is 3.29. The molecule has 14 heavy (non-hydrogen) atoms. The van der Waals surface area contributed by atoms with E-state index in [0.717, 1.165) is 5.56 Å². The van der Waals surface area contributed by atoms with Crippen molar-refractivity contribution in [2.24, 2.45) is 0 Å². The lowest BCUT2D eigenvalue weighted by Crippen LogP contribution is -2.37. The lowest BCUT2D eigenvalue weighted by atomic mass is 9.95. The first-order valence-electron chi connectivity index (χ1n) is 4.54. The molecule has 0 bridgehead atoms. The molecule has 1 rings (SSSR count). The molecule has 1 unspecified atom stereocenters. The highest BCUT2D eigenvalue weighted by atomic mass is 35.5. The van der Waals surface area contributed by atoms with Crippen LogP contribution in [0.3, 0.4) is 0 Å². The molecule has 0 aliphatic heterocycles. The summed E-state index contributed by atoms with van der Waals surface area (Å²) in [5.41, 5.74) is -0.108. The summed E-state index contributed by atoms with van der Waals surface area (Å²) in [5, 5.41) is 19.8. The minimum atomic E-state index is -1.07. The van der Waals surface area contributed by atoms with Gasteiger partial charge in [0.2, 0.25) is 0 Å². The Labute approximate surface area is 89.1 Å². The van der Waals surface area contributed by atoms with Crippen LogP contribution in [-0.4, -0.2) is 21.9 Å². The van der Waals surface area contributed by atoms with Crippen LogP contribution in [-0.2, 0) is 6.42 Å². The normalized spacial score (nSPS) is 14.1. The molecule has 3 heteroatoms. The third-order valence-electron chi connectivity index (χ3n) is 2.16. The maximum absolute atomic E-state index is 9.63. The molecular weight excluding hydrogens is 200 g/mol. The number of aliphatic hydroxyl groups excluding tert-OH is 1. The molecule has 0 heterocycles. The van der Waals surface area contributed by atoms with Crippen molar-refractivity contribution >= 4 is 11.6 Å². The molecule has 0 radical (unpaired) electrons. The van der Waals surface area contributed by atoms with Crippen molar-refractivity contribution in [2.45, 2.75) is 32.0 Å². The summed E-state index contributed by atoms with van der Waals surface area (Å²) < 4.78 is 0. The van der Waals surface area contributed by atoms with Gasteiger partial charge in [-0.25, -0.2) is 0 Å². The summed E-state index contributed by atoms with van der Waals surface area (Å²) in [6.45, 7) is 3.18. The van der Waals surface area contributed by atoms with Gasteiger partial charge in [-0.2, -0.15) is 0 Å². The number of rotatable bonds is 3. The van der Waals surface area contributed by atoms with Crippen LogP contribution in [0.1, 0.15) is 19.4 Å². The Morgan fingerprint density at radius 1 is 1.29 bits per heavy atom. The first kappa shape index (κ1) is 11.5. The molecule has 0 aliphatic carbocycles. The van der Waals surface area contributed by atoms with E-state index in [0.29, 0.717) is 11.4 Å². The second-order valence-corrected chi connectivity index (χ2v) is 4.44. The number of aliphatic hydroxyl groups is 2. The quantitative estimate of drug-likeness (QED) is 0.808. The predicted molar refractivity (Wildman–Crippen MR) is 57.5 cm³/mol. The highest BCUT2D eigenvalue weighted by Gasteiger charge is 2.24. The van der Waals surface area contributed by atoms with E-state index < -0.39 is 11.7 Å². The van der Waals surface area contributed by atoms with E-state index in [-0.39, 0.29) is 0 Å². The minimum Gasteiger partial charge on any atom is -0.390 e. The van der Waals surface area contributed by atoms with Crippen molar-refractivity contribution in [3.05, 3.63) is 34.9 Å². The Hall–Kier alpha value is -0.570. The lowest BCUT2D eigenvalue weighted by molar-refractivity contribution is -0.0469. The van der Waals surface area contributed by atoms with Gasteiger partial charge in [-0.05, 0) is 31.5 Å². The standard InChI is InChI=1S/C11H15ClO2/c1-11(2,14)10(13)7-8-3-5-9(12)6-4-8/h3-6,10,13-14H,7H2,1-2H3. The largest absolute Gasteiger partial charge is 0.390 e. The van der Waals surface area contributed by atoms with E-state index >= 15 is 0 Å². The number of halogens is 1. The summed E-state index contributed by atoms with van der Waals surface area (Å²) in [7, 11) is 0. The molecule has 2 nitrogen and oxygen atoms in total. The molecule has 2 N–H and O–H groups in total. The van der Waals surface area contributed by atoms with Crippen LogP contribution < -0.4 is 0 Å². The van der Waals surface area contributed by atoms with Gasteiger partial charge in [-0.1, -0.05) is 23.7 Å². The van der Waals surface area contributed by atoms with Gasteiger partial charge in [-0.15, -0.1) is 0 Å². The fourth-order valence-corrected chi connectivity index (χ4v) is 1.22. The highest BCUT2D eigenvalue weighted by Crippen LogP contribution is 2.16. The Morgan fingerprint density at radius 2 is 1.79 bits per heavy atom. The van der Waals surface area contributed by atoms with Gasteiger partial charge in [0.25, 0.3) is 0 Å². The number of hydrogen-bond donors (Lipinski definition) is 2. The molecule has 1 aromatic rings. The van der Waals surface area contributed by atoms with Gasteiger partial charge in [0.15, 0.2) is 0 Å². The molecule has 1 aromatic carbocycles. The first-order chi connectivity index (χ1) is 6.39. The van der Waals surface area contributed by atoms with E-state index in [1.54, 1.807) is 26.0 Å². The Morgan fingerprint density at radius 3 is 2.21 bits per heavy atom. The molecule has 78 valence electrons. The zero-order valence-electron chi connectivity index (χ0n) is 8.37. The van der Waals surface area contributed by atoms with Crippen molar-refractivity contribution in [3.63, 3.8) is 0 Å². The van der Waals surface area contributed by atoms with Crippen molar-refractivity contribution in [1.82, 2.24) is 0 Å². The predicted octanol–water partition coefficient (Wildman–Crippen LogP) is 2.01. The third-order valence-corrected chi connectivity index (χ3v) is 2.41. The monoisotopic (exact) mass is 214 g/mol. The van der Waals surface area contributed by atoms with Crippen LogP contribution in [0.4, 0.5) is 0 Å². The van der Waals surface area contributed by atoms with Gasteiger partial charge in [0.1, 0.15) is 0 Å².